The number of rotatable bonds is 6. The van der Waals surface area contributed by atoms with Gasteiger partial charge in [-0.2, -0.15) is 9.97 Å². The highest BCUT2D eigenvalue weighted by molar-refractivity contribution is 6.08. The fourth-order valence-electron chi connectivity index (χ4n) is 4.43. The fourth-order valence-corrected chi connectivity index (χ4v) is 4.43. The molecule has 0 aliphatic carbocycles. The SMILES string of the molecule is C#C[C@]1(CO)O[C@@H](n2ccc3c(NC(=O)c4ccccc4)nc(NC(=O)c4ccccc4)nc32)C[C@@H]1C. The van der Waals surface area contributed by atoms with E-state index in [0.29, 0.717) is 28.6 Å². The Labute approximate surface area is 213 Å². The molecule has 186 valence electrons. The third kappa shape index (κ3) is 4.56. The van der Waals surface area contributed by atoms with Gasteiger partial charge in [-0.3, -0.25) is 14.9 Å². The molecule has 0 saturated carbocycles. The van der Waals surface area contributed by atoms with Gasteiger partial charge < -0.3 is 19.7 Å². The third-order valence-electron chi connectivity index (χ3n) is 6.59. The van der Waals surface area contributed by atoms with Crippen molar-refractivity contribution >= 4 is 34.6 Å². The Balaban J connectivity index is 1.55. The first-order chi connectivity index (χ1) is 17.9. The third-order valence-corrected chi connectivity index (χ3v) is 6.59. The Morgan fingerprint density at radius 3 is 2.24 bits per heavy atom. The molecule has 37 heavy (non-hydrogen) atoms. The van der Waals surface area contributed by atoms with Crippen molar-refractivity contribution in [1.29, 1.82) is 0 Å². The van der Waals surface area contributed by atoms with Crippen LogP contribution in [-0.2, 0) is 4.74 Å². The first kappa shape index (κ1) is 24.2. The van der Waals surface area contributed by atoms with E-state index in [0.717, 1.165) is 0 Å². The Bertz CT molecular complexity index is 1500. The largest absolute Gasteiger partial charge is 0.392 e. The smallest absolute Gasteiger partial charge is 0.258 e. The Morgan fingerprint density at radius 2 is 1.68 bits per heavy atom. The lowest BCUT2D eigenvalue weighted by Crippen LogP contribution is -2.36. The maximum atomic E-state index is 12.9. The van der Waals surface area contributed by atoms with Crippen LogP contribution in [0.3, 0.4) is 0 Å². The minimum atomic E-state index is -1.11. The van der Waals surface area contributed by atoms with Gasteiger partial charge in [-0.25, -0.2) is 0 Å². The van der Waals surface area contributed by atoms with Gasteiger partial charge in [-0.05, 0) is 36.8 Å². The van der Waals surface area contributed by atoms with Gasteiger partial charge in [0.2, 0.25) is 5.95 Å². The van der Waals surface area contributed by atoms with Crippen molar-refractivity contribution < 1.29 is 19.4 Å². The summed E-state index contributed by atoms with van der Waals surface area (Å²) in [7, 11) is 0. The second kappa shape index (κ2) is 9.85. The second-order valence-corrected chi connectivity index (χ2v) is 8.90. The minimum Gasteiger partial charge on any atom is -0.392 e. The van der Waals surface area contributed by atoms with Crippen molar-refractivity contribution in [2.75, 3.05) is 17.2 Å². The highest BCUT2D eigenvalue weighted by Crippen LogP contribution is 2.42. The summed E-state index contributed by atoms with van der Waals surface area (Å²) < 4.78 is 7.91. The van der Waals surface area contributed by atoms with Crippen LogP contribution in [0.15, 0.2) is 72.9 Å². The normalized spacial score (nSPS) is 20.9. The standard InChI is InChI=1S/C28H25N5O4/c1-3-28(17-34)18(2)16-22(37-28)33-15-14-21-23(29-25(35)19-10-6-4-7-11-19)30-27(31-24(21)33)32-26(36)20-12-8-5-9-13-20/h1,4-15,18,22,34H,16-17H2,2H3,(H2,29,30,31,32,35,36)/t18-,22+,28+/m0/s1. The maximum Gasteiger partial charge on any atom is 0.258 e. The molecule has 1 saturated heterocycles. The Morgan fingerprint density at radius 1 is 1.05 bits per heavy atom. The molecule has 5 rings (SSSR count). The lowest BCUT2D eigenvalue weighted by molar-refractivity contribution is -0.0715. The highest BCUT2D eigenvalue weighted by Gasteiger charge is 2.45. The van der Waals surface area contributed by atoms with Crippen LogP contribution < -0.4 is 10.6 Å². The zero-order valence-corrected chi connectivity index (χ0v) is 20.1. The average Bonchev–Trinajstić information content (AvgIpc) is 3.50. The van der Waals surface area contributed by atoms with Gasteiger partial charge in [0.25, 0.3) is 11.8 Å². The van der Waals surface area contributed by atoms with E-state index < -0.39 is 17.7 Å². The molecule has 3 atom stereocenters. The van der Waals surface area contributed by atoms with Gasteiger partial charge in [-0.1, -0.05) is 49.2 Å². The van der Waals surface area contributed by atoms with Crippen molar-refractivity contribution in [3.63, 3.8) is 0 Å². The summed E-state index contributed by atoms with van der Waals surface area (Å²) in [5.74, 6) is 1.99. The molecule has 1 aliphatic rings. The van der Waals surface area contributed by atoms with E-state index in [2.05, 4.69) is 26.5 Å². The molecule has 2 aromatic carbocycles. The number of aliphatic hydroxyl groups is 1. The Kier molecular flexibility index (Phi) is 6.44. The van der Waals surface area contributed by atoms with Crippen LogP contribution in [0.25, 0.3) is 11.0 Å². The topological polar surface area (TPSA) is 118 Å². The van der Waals surface area contributed by atoms with Gasteiger partial charge in [0.1, 0.15) is 17.7 Å². The van der Waals surface area contributed by atoms with Crippen LogP contribution in [0.1, 0.15) is 40.3 Å². The van der Waals surface area contributed by atoms with Crippen molar-refractivity contribution in [2.45, 2.75) is 25.2 Å². The molecule has 2 amide bonds. The molecule has 3 heterocycles. The van der Waals surface area contributed by atoms with Gasteiger partial charge >= 0.3 is 0 Å². The zero-order valence-electron chi connectivity index (χ0n) is 20.1. The van der Waals surface area contributed by atoms with Gasteiger partial charge in [0, 0.05) is 23.2 Å². The molecule has 1 fully saturated rings. The van der Waals surface area contributed by atoms with E-state index in [1.165, 1.54) is 0 Å². The minimum absolute atomic E-state index is 0.0149. The number of benzene rings is 2. The quantitative estimate of drug-likeness (QED) is 0.350. The molecular formula is C28H25N5O4. The number of anilines is 2. The lowest BCUT2D eigenvalue weighted by atomic mass is 9.90. The van der Waals surface area contributed by atoms with E-state index in [1.807, 2.05) is 19.1 Å². The van der Waals surface area contributed by atoms with E-state index in [9.17, 15) is 14.7 Å². The molecule has 2 aromatic heterocycles. The van der Waals surface area contributed by atoms with Gasteiger partial charge in [0.15, 0.2) is 5.60 Å². The molecule has 0 radical (unpaired) electrons. The number of amides is 2. The second-order valence-electron chi connectivity index (χ2n) is 8.90. The lowest BCUT2D eigenvalue weighted by Gasteiger charge is -2.25. The van der Waals surface area contributed by atoms with E-state index >= 15 is 0 Å². The van der Waals surface area contributed by atoms with Crippen molar-refractivity contribution in [2.24, 2.45) is 5.92 Å². The number of hydrogen-bond donors (Lipinski definition) is 3. The number of nitrogens with zero attached hydrogens (tertiary/aromatic N) is 3. The summed E-state index contributed by atoms with van der Waals surface area (Å²) in [6.45, 7) is 1.61. The number of aliphatic hydroxyl groups excluding tert-OH is 1. The summed E-state index contributed by atoms with van der Waals surface area (Å²) in [6.07, 6.45) is 7.49. The van der Waals surface area contributed by atoms with E-state index in [-0.39, 0.29) is 30.2 Å². The summed E-state index contributed by atoms with van der Waals surface area (Å²) in [5, 5.41) is 16.0. The van der Waals surface area contributed by atoms with Crippen molar-refractivity contribution in [3.8, 4) is 12.3 Å². The number of carbonyl (C=O) groups excluding carboxylic acids is 2. The molecule has 9 nitrogen and oxygen atoms in total. The number of hydrogen-bond acceptors (Lipinski definition) is 6. The Hall–Kier alpha value is -4.52. The van der Waals surface area contributed by atoms with E-state index in [4.69, 9.17) is 11.2 Å². The molecule has 3 N–H and O–H groups in total. The first-order valence-corrected chi connectivity index (χ1v) is 11.8. The number of terminal acetylenes is 1. The van der Waals surface area contributed by atoms with Crippen LogP contribution in [0.2, 0.25) is 0 Å². The predicted octanol–water partition coefficient (Wildman–Crippen LogP) is 3.86. The molecule has 0 bridgehead atoms. The van der Waals surface area contributed by atoms with Gasteiger partial charge in [0.05, 0.1) is 12.0 Å². The number of carbonyl (C=O) groups is 2. The van der Waals surface area contributed by atoms with Gasteiger partial charge in [-0.15, -0.1) is 6.42 Å². The van der Waals surface area contributed by atoms with Crippen LogP contribution in [0, 0.1) is 18.3 Å². The molecular weight excluding hydrogens is 470 g/mol. The van der Waals surface area contributed by atoms with Crippen LogP contribution in [0.4, 0.5) is 11.8 Å². The molecule has 1 aliphatic heterocycles. The number of ether oxygens (including phenoxy) is 1. The number of nitrogens with one attached hydrogen (secondary N) is 2. The maximum absolute atomic E-state index is 12.9. The number of aromatic nitrogens is 3. The van der Waals surface area contributed by atoms with Crippen LogP contribution in [0.5, 0.6) is 0 Å². The molecule has 0 unspecified atom stereocenters. The van der Waals surface area contributed by atoms with Crippen molar-refractivity contribution in [1.82, 2.24) is 14.5 Å². The van der Waals surface area contributed by atoms with E-state index in [1.54, 1.807) is 65.4 Å². The summed E-state index contributed by atoms with van der Waals surface area (Å²) in [6, 6.07) is 19.2. The fraction of sp³-hybridized carbons (Fsp3) is 0.214. The summed E-state index contributed by atoms with van der Waals surface area (Å²) in [4.78, 5) is 34.8. The summed E-state index contributed by atoms with van der Waals surface area (Å²) >= 11 is 0. The number of fused-ring (bicyclic) bond motifs is 1. The van der Waals surface area contributed by atoms with Crippen molar-refractivity contribution in [3.05, 3.63) is 84.1 Å². The first-order valence-electron chi connectivity index (χ1n) is 11.8. The van der Waals surface area contributed by atoms with Crippen LogP contribution >= 0.6 is 0 Å². The summed E-state index contributed by atoms with van der Waals surface area (Å²) in [5.41, 5.74) is 0.220. The zero-order chi connectivity index (χ0) is 26.0. The molecule has 0 spiro atoms. The van der Waals surface area contributed by atoms with Crippen LogP contribution in [-0.4, -0.2) is 43.7 Å². The predicted molar refractivity (Wildman–Crippen MR) is 139 cm³/mol. The average molecular weight is 496 g/mol. The molecule has 4 aromatic rings. The molecule has 9 heteroatoms. The highest BCUT2D eigenvalue weighted by atomic mass is 16.5. The monoisotopic (exact) mass is 495 g/mol.